The summed E-state index contributed by atoms with van der Waals surface area (Å²) < 4.78 is 200. The van der Waals surface area contributed by atoms with Gasteiger partial charge in [-0.2, -0.15) is 0 Å². The number of rotatable bonds is 5. The van der Waals surface area contributed by atoms with Crippen LogP contribution in [0.25, 0.3) is 56.3 Å². The highest BCUT2D eigenvalue weighted by atomic mass is 14.9. The van der Waals surface area contributed by atoms with Crippen molar-refractivity contribution in [3.05, 3.63) is 264 Å². The Morgan fingerprint density at radius 2 is 0.713 bits per heavy atom. The van der Waals surface area contributed by atoms with Gasteiger partial charge >= 0.3 is 0 Å². The first kappa shape index (κ1) is 42.3. The highest BCUT2D eigenvalue weighted by Crippen LogP contribution is 2.50. The summed E-state index contributed by atoms with van der Waals surface area (Å²) >= 11 is 0. The Hall–Kier alpha value is -8.15. The maximum absolute atomic E-state index is 8.48. The standard InChI is InChI=1S/C19H22N.2C18H22N.2C17H20N/c1-12-4-5-17(13(2)6-12)19-10-18-15-7-14(8-15)9-16(18)11-20(19)3;1-13-8-9-17(14(2)10-13)18-11-15-6-4-5-7-16(15)12-19(18)3;1-13-8-9-16(14(2)12-13)18-17-7-5-4-6-15(17)10-11-19(18)3;1-12-7-8-16(13(2)9-12)17-10-14-5-4-6-15(14)11-18(17)3;1-12-7-8-15(13(2)11-12)17-16-6-4-5-14(16)9-10-18(17)3/h4-6,10-11,14-15H,7-9H2,1-3H3;2*8-12H,4-7H2,1-3H3;2*7-11H,4-6H2,1-3H3/q5*+1/i;1D3,6D2;1D3,6D2,7D2;1D3,5D2;1D3,5D2,6D2. The molecule has 0 amide bonds. The van der Waals surface area contributed by atoms with Crippen LogP contribution < -0.4 is 22.8 Å². The number of benzene rings is 5. The number of hydrogen-bond acceptors (Lipinski definition) is 0. The van der Waals surface area contributed by atoms with Crippen LogP contribution in [-0.2, 0) is 92.7 Å². The molecular weight excluding hydrogens is 1140 g/mol. The third kappa shape index (κ3) is 14.3. The molecule has 0 unspecified atom stereocenters. The molecule has 2 bridgehead atoms. The van der Waals surface area contributed by atoms with Crippen LogP contribution >= 0.6 is 0 Å². The summed E-state index contributed by atoms with van der Waals surface area (Å²) in [6, 6.07) is 36.4. The third-order valence-electron chi connectivity index (χ3n) is 19.5. The smallest absolute Gasteiger partial charge is 0.201 e. The van der Waals surface area contributed by atoms with E-state index in [1.54, 1.807) is 127 Å². The summed E-state index contributed by atoms with van der Waals surface area (Å²) in [6.07, 6.45) is 8.26. The van der Waals surface area contributed by atoms with Crippen LogP contribution in [0.5, 0.6) is 0 Å². The molecule has 7 aliphatic rings. The number of hydrogen-bond donors (Lipinski definition) is 0. The largest absolute Gasteiger partial charge is 0.216 e. The van der Waals surface area contributed by atoms with Crippen molar-refractivity contribution in [1.29, 1.82) is 0 Å². The summed E-state index contributed by atoms with van der Waals surface area (Å²) in [6.45, 7) is 3.16. The molecule has 0 N–H and O–H groups in total. The second-order valence-corrected chi connectivity index (χ2v) is 26.6. The van der Waals surface area contributed by atoms with Gasteiger partial charge in [-0.15, -0.1) is 0 Å². The SMILES string of the molecule is Cc1ccc(-c2cc3c(c[n+]2C)CC2CC3C2)c(C)c1.[2H]C([2H])([2H])c1ccc(-c2c3c(cc[n+]2C)C([2H])([2H])CC3([2H])[2H])c(C)c1.[2H]C([2H])([2H])c1ccc(-c2c3c(cc[n+]2C)C([2H])([2H])CCC3([2H])[2H])c(C)c1.[2H]C([2H])([2H])c1ccc(-c2cc3c(c[n+]2C)CCC3([2H])[2H])c(C)c1.[2H]C([2H])([2H])c1ccc(-c2cc3c(c[n+]2C)CCCC3([2H])[2H])c(C)c1. The first-order valence-corrected chi connectivity index (χ1v) is 33.2. The summed E-state index contributed by atoms with van der Waals surface area (Å²) in [5, 5.41) is 0. The third-order valence-corrected chi connectivity index (χ3v) is 19.5. The predicted molar refractivity (Wildman–Crippen MR) is 389 cm³/mol. The number of fused-ring (bicyclic) bond motifs is 4. The molecule has 0 spiro atoms. The quantitative estimate of drug-likeness (QED) is 0.153. The van der Waals surface area contributed by atoms with Gasteiger partial charge in [0.1, 0.15) is 35.2 Å². The molecule has 10 aromatic rings. The maximum Gasteiger partial charge on any atom is 0.216 e. The topological polar surface area (TPSA) is 19.4 Å². The molecule has 482 valence electrons. The zero-order valence-corrected chi connectivity index (χ0v) is 56.6. The van der Waals surface area contributed by atoms with Gasteiger partial charge in [-0.25, -0.2) is 22.8 Å². The monoisotopic (exact) mass is 1270 g/mol. The molecule has 7 aliphatic carbocycles. The average molecular weight is 1270 g/mol. The van der Waals surface area contributed by atoms with Crippen LogP contribution in [0, 0.1) is 74.9 Å². The van der Waals surface area contributed by atoms with Crippen molar-refractivity contribution in [2.24, 2.45) is 41.2 Å². The first-order valence-electron chi connectivity index (χ1n) is 45.2. The summed E-state index contributed by atoms with van der Waals surface area (Å²) in [7, 11) is 9.68. The van der Waals surface area contributed by atoms with Crippen molar-refractivity contribution >= 4 is 0 Å². The highest BCUT2D eigenvalue weighted by molar-refractivity contribution is 5.69. The van der Waals surface area contributed by atoms with E-state index in [2.05, 4.69) is 55.9 Å². The Kier molecular flexibility index (Phi) is 12.8. The molecule has 0 saturated heterocycles. The van der Waals surface area contributed by atoms with Crippen LogP contribution in [0.15, 0.2) is 152 Å². The molecule has 0 atom stereocenters. The van der Waals surface area contributed by atoms with Crippen molar-refractivity contribution < 1.29 is 55.7 Å². The van der Waals surface area contributed by atoms with Crippen molar-refractivity contribution in [3.63, 3.8) is 0 Å². The van der Waals surface area contributed by atoms with E-state index in [-0.39, 0.29) is 30.4 Å². The molecule has 5 aromatic heterocycles. The maximum atomic E-state index is 8.48. The molecule has 1 fully saturated rings. The summed E-state index contributed by atoms with van der Waals surface area (Å²) in [5.74, 6) is 1.81. The van der Waals surface area contributed by atoms with Gasteiger partial charge in [0.15, 0.2) is 31.0 Å². The lowest BCUT2D eigenvalue weighted by atomic mass is 9.63. The van der Waals surface area contributed by atoms with E-state index >= 15 is 0 Å². The van der Waals surface area contributed by atoms with Crippen LogP contribution in [0.2, 0.25) is 0 Å². The fourth-order valence-electron chi connectivity index (χ4n) is 14.6. The fourth-order valence-corrected chi connectivity index (χ4v) is 14.6. The van der Waals surface area contributed by atoms with Crippen LogP contribution in [-0.4, -0.2) is 0 Å². The minimum absolute atomic E-state index is 0.108. The number of aryl methyl sites for hydroxylation is 21. The van der Waals surface area contributed by atoms with Crippen molar-refractivity contribution in [2.75, 3.05) is 0 Å². The van der Waals surface area contributed by atoms with Gasteiger partial charge in [0.05, 0.1) is 0 Å². The second kappa shape index (κ2) is 28.4. The van der Waals surface area contributed by atoms with Crippen molar-refractivity contribution in [2.45, 2.75) is 184 Å². The van der Waals surface area contributed by atoms with Crippen LogP contribution in [0.1, 0.15) is 201 Å². The van der Waals surface area contributed by atoms with Crippen molar-refractivity contribution in [3.8, 4) is 56.3 Å². The van der Waals surface area contributed by atoms with Gasteiger partial charge in [-0.3, -0.25) is 0 Å². The molecule has 1 saturated carbocycles. The summed E-state index contributed by atoms with van der Waals surface area (Å²) in [4.78, 5) is 0. The Morgan fingerprint density at radius 1 is 0.340 bits per heavy atom. The predicted octanol–water partition coefficient (Wildman–Crippen LogP) is 17.8. The average Bonchev–Trinajstić information content (AvgIpc) is 1.35. The minimum Gasteiger partial charge on any atom is -0.201 e. The van der Waals surface area contributed by atoms with Crippen molar-refractivity contribution in [1.82, 2.24) is 0 Å². The number of nitrogens with zero attached hydrogens (tertiary/aromatic N) is 5. The van der Waals surface area contributed by atoms with E-state index in [1.165, 1.54) is 47.7 Å². The van der Waals surface area contributed by atoms with Crippen LogP contribution in [0.4, 0.5) is 0 Å². The molecule has 5 heterocycles. The lowest BCUT2D eigenvalue weighted by Gasteiger charge is -2.41. The van der Waals surface area contributed by atoms with Gasteiger partial charge in [-0.05, 0) is 276 Å². The minimum atomic E-state index is -2.20. The summed E-state index contributed by atoms with van der Waals surface area (Å²) in [5.41, 5.74) is 24.5. The van der Waals surface area contributed by atoms with E-state index in [9.17, 15) is 0 Å². The number of aromatic nitrogens is 5. The van der Waals surface area contributed by atoms with Gasteiger partial charge in [0.2, 0.25) is 28.5 Å². The van der Waals surface area contributed by atoms with Gasteiger partial charge in [0.25, 0.3) is 0 Å². The fraction of sp³-hybridized carbons (Fsp3) is 0.382. The Balaban J connectivity index is 0.000000136. The van der Waals surface area contributed by atoms with Gasteiger partial charge in [-0.1, -0.05) is 88.5 Å². The Morgan fingerprint density at radius 3 is 1.19 bits per heavy atom. The Labute approximate surface area is 598 Å². The van der Waals surface area contributed by atoms with Gasteiger partial charge in [0, 0.05) is 119 Å². The second-order valence-electron chi connectivity index (χ2n) is 26.6. The van der Waals surface area contributed by atoms with E-state index in [1.807, 2.05) is 73.7 Å². The molecule has 0 aliphatic heterocycles. The number of pyridine rings is 5. The molecule has 5 heteroatoms. The first-order chi connectivity index (χ1) is 54.5. The van der Waals surface area contributed by atoms with E-state index in [0.29, 0.717) is 63.2 Å². The molecular formula is C89H106N5+5. The zero-order valence-electron chi connectivity index (χ0n) is 80.6. The van der Waals surface area contributed by atoms with Crippen LogP contribution in [0.3, 0.4) is 0 Å². The van der Waals surface area contributed by atoms with E-state index in [4.69, 9.17) is 32.9 Å². The normalized spacial score (nSPS) is 23.5. The molecule has 5 nitrogen and oxygen atoms in total. The van der Waals surface area contributed by atoms with Gasteiger partial charge < -0.3 is 0 Å². The Bertz CT molecular complexity index is 5570. The van der Waals surface area contributed by atoms with E-state index in [0.717, 1.165) is 104 Å². The highest BCUT2D eigenvalue weighted by Gasteiger charge is 2.39. The molecule has 94 heavy (non-hydrogen) atoms. The zero-order chi connectivity index (χ0) is 86.8. The van der Waals surface area contributed by atoms with E-state index < -0.39 is 65.6 Å². The molecule has 5 aromatic carbocycles. The lowest BCUT2D eigenvalue weighted by molar-refractivity contribution is -0.661. The lowest BCUT2D eigenvalue weighted by Crippen LogP contribution is -2.37. The molecule has 0 radical (unpaired) electrons. The molecule has 17 rings (SSSR count).